The Bertz CT molecular complexity index is 872. The average Bonchev–Trinajstić information content (AvgIpc) is 3.08. The summed E-state index contributed by atoms with van der Waals surface area (Å²) < 4.78 is 14.1. The topological polar surface area (TPSA) is 44.7 Å². The molecule has 1 heterocycles. The predicted octanol–water partition coefficient (Wildman–Crippen LogP) is 6.35. The Kier molecular flexibility index (Phi) is 6.45. The van der Waals surface area contributed by atoms with E-state index in [-0.39, 0.29) is 23.2 Å². The molecule has 0 radical (unpaired) electrons. The molecule has 0 aromatic heterocycles. The maximum absolute atomic E-state index is 14.1. The molecule has 32 heavy (non-hydrogen) atoms. The minimum absolute atomic E-state index is 0.0986. The van der Waals surface area contributed by atoms with Gasteiger partial charge < -0.3 is 10.2 Å². The molecule has 4 saturated carbocycles. The van der Waals surface area contributed by atoms with Gasteiger partial charge in [-0.15, -0.1) is 0 Å². The number of nitrogens with one attached hydrogen (secondary N) is 1. The second-order valence-electron chi connectivity index (χ2n) is 10.4. The molecule has 1 saturated heterocycles. The molecule has 5 fully saturated rings. The third kappa shape index (κ3) is 4.68. The lowest BCUT2D eigenvalue weighted by molar-refractivity contribution is -0.116. The van der Waals surface area contributed by atoms with Crippen molar-refractivity contribution in [3.8, 4) is 0 Å². The number of anilines is 1. The van der Waals surface area contributed by atoms with Crippen LogP contribution >= 0.6 is 23.4 Å². The number of carbonyl (C=O) groups is 1. The smallest absolute Gasteiger partial charge is 0.226 e. The highest BCUT2D eigenvalue weighted by atomic mass is 35.5. The summed E-state index contributed by atoms with van der Waals surface area (Å²) in [6, 6.07) is 4.33. The van der Waals surface area contributed by atoms with Gasteiger partial charge in [0.05, 0.1) is 11.2 Å². The maximum atomic E-state index is 14.1. The van der Waals surface area contributed by atoms with E-state index in [0.29, 0.717) is 11.4 Å². The van der Waals surface area contributed by atoms with Crippen LogP contribution in [-0.2, 0) is 4.79 Å². The van der Waals surface area contributed by atoms with Gasteiger partial charge in [0.1, 0.15) is 5.82 Å². The number of carbonyl (C=O) groups excluding carboxylic acids is 1. The van der Waals surface area contributed by atoms with Gasteiger partial charge in [-0.3, -0.25) is 9.79 Å². The number of aliphatic imine (C=N–C) groups is 1. The SMILES string of the molecule is CCCCN1C(=NC23CC4CC(CC(C4)C2)C3)SCC1CC(=O)Nc1cc(Cl)ccc1F. The highest BCUT2D eigenvalue weighted by Crippen LogP contribution is 2.57. The third-order valence-electron chi connectivity index (χ3n) is 7.81. The number of amidine groups is 1. The van der Waals surface area contributed by atoms with Gasteiger partial charge in [-0.05, 0) is 80.9 Å². The largest absolute Gasteiger partial charge is 0.347 e. The van der Waals surface area contributed by atoms with E-state index in [2.05, 4.69) is 17.1 Å². The van der Waals surface area contributed by atoms with Gasteiger partial charge in [-0.25, -0.2) is 4.39 Å². The first-order valence-corrected chi connectivity index (χ1v) is 13.5. The Morgan fingerprint density at radius 2 is 1.94 bits per heavy atom. The Morgan fingerprint density at radius 3 is 2.59 bits per heavy atom. The molecule has 1 N–H and O–H groups in total. The molecule has 1 aromatic carbocycles. The standard InChI is InChI=1S/C25H33ClFN3OS/c1-2-3-6-30-20(11-23(31)28-22-10-19(26)4-5-21(22)27)15-32-24(30)29-25-12-16-7-17(13-25)9-18(8-16)14-25/h4-5,10,16-18,20H,2-3,6-9,11-15H2,1H3,(H,28,31). The molecule has 4 nitrogen and oxygen atoms in total. The average molecular weight is 478 g/mol. The summed E-state index contributed by atoms with van der Waals surface area (Å²) >= 11 is 7.79. The minimum Gasteiger partial charge on any atom is -0.347 e. The van der Waals surface area contributed by atoms with Crippen molar-refractivity contribution in [2.75, 3.05) is 17.6 Å². The van der Waals surface area contributed by atoms with Crippen LogP contribution in [0.25, 0.3) is 0 Å². The Balaban J connectivity index is 1.30. The molecule has 1 amide bonds. The second-order valence-corrected chi connectivity index (χ2v) is 11.8. The number of unbranched alkanes of at least 4 members (excludes halogenated alkanes) is 1. The van der Waals surface area contributed by atoms with Crippen molar-refractivity contribution in [1.82, 2.24) is 4.90 Å². The molecular weight excluding hydrogens is 445 g/mol. The van der Waals surface area contributed by atoms with Gasteiger partial charge in [-0.2, -0.15) is 0 Å². The summed E-state index contributed by atoms with van der Waals surface area (Å²) in [6.45, 7) is 3.13. The van der Waals surface area contributed by atoms with E-state index < -0.39 is 5.82 Å². The number of amides is 1. The van der Waals surface area contributed by atoms with E-state index in [1.165, 1.54) is 56.7 Å². The zero-order chi connectivity index (χ0) is 22.3. The maximum Gasteiger partial charge on any atom is 0.226 e. The molecular formula is C25H33ClFN3OS. The zero-order valence-electron chi connectivity index (χ0n) is 18.8. The van der Waals surface area contributed by atoms with Crippen LogP contribution in [-0.4, -0.2) is 39.9 Å². The van der Waals surface area contributed by atoms with Gasteiger partial charge in [0.15, 0.2) is 5.17 Å². The molecule has 5 aliphatic rings. The molecule has 1 unspecified atom stereocenters. The van der Waals surface area contributed by atoms with E-state index in [1.807, 2.05) is 11.8 Å². The van der Waals surface area contributed by atoms with Crippen molar-refractivity contribution in [2.45, 2.75) is 76.3 Å². The Hall–Kier alpha value is -1.27. The fraction of sp³-hybridized carbons (Fsp3) is 0.680. The fourth-order valence-electron chi connectivity index (χ4n) is 6.79. The number of halogens is 2. The Labute approximate surface area is 199 Å². The van der Waals surface area contributed by atoms with Crippen molar-refractivity contribution >= 4 is 40.1 Å². The summed E-state index contributed by atoms with van der Waals surface area (Å²) in [5.41, 5.74) is 0.290. The van der Waals surface area contributed by atoms with Crippen LogP contribution in [0.3, 0.4) is 0 Å². The molecule has 1 aliphatic heterocycles. The first-order valence-electron chi connectivity index (χ1n) is 12.2. The second kappa shape index (κ2) is 9.17. The number of rotatable bonds is 7. The van der Waals surface area contributed by atoms with Crippen LogP contribution < -0.4 is 5.32 Å². The van der Waals surface area contributed by atoms with Crippen molar-refractivity contribution < 1.29 is 9.18 Å². The number of hydrogen-bond donors (Lipinski definition) is 1. The lowest BCUT2D eigenvalue weighted by atomic mass is 9.53. The lowest BCUT2D eigenvalue weighted by Gasteiger charge is -2.55. The molecule has 1 atom stereocenters. The molecule has 6 rings (SSSR count). The van der Waals surface area contributed by atoms with Gasteiger partial charge >= 0.3 is 0 Å². The van der Waals surface area contributed by atoms with Crippen LogP contribution in [0.15, 0.2) is 23.2 Å². The molecule has 4 bridgehead atoms. The quantitative estimate of drug-likeness (QED) is 0.497. The van der Waals surface area contributed by atoms with Crippen molar-refractivity contribution in [2.24, 2.45) is 22.7 Å². The number of hydrogen-bond acceptors (Lipinski definition) is 3. The van der Waals surface area contributed by atoms with Crippen LogP contribution in [0, 0.1) is 23.6 Å². The van der Waals surface area contributed by atoms with Gasteiger partial charge in [0.25, 0.3) is 0 Å². The predicted molar refractivity (Wildman–Crippen MR) is 131 cm³/mol. The van der Waals surface area contributed by atoms with Crippen LogP contribution in [0.5, 0.6) is 0 Å². The summed E-state index contributed by atoms with van der Waals surface area (Å²) in [4.78, 5) is 20.6. The van der Waals surface area contributed by atoms with E-state index in [0.717, 1.165) is 48.1 Å². The van der Waals surface area contributed by atoms with Crippen LogP contribution in [0.4, 0.5) is 10.1 Å². The van der Waals surface area contributed by atoms with E-state index in [4.69, 9.17) is 16.6 Å². The molecule has 174 valence electrons. The summed E-state index contributed by atoms with van der Waals surface area (Å²) in [7, 11) is 0. The summed E-state index contributed by atoms with van der Waals surface area (Å²) in [5.74, 6) is 2.84. The number of nitrogens with zero attached hydrogens (tertiary/aromatic N) is 2. The van der Waals surface area contributed by atoms with Crippen LogP contribution in [0.2, 0.25) is 5.02 Å². The first-order chi connectivity index (χ1) is 15.4. The molecule has 7 heteroatoms. The third-order valence-corrected chi connectivity index (χ3v) is 9.18. The normalized spacial score (nSPS) is 34.5. The van der Waals surface area contributed by atoms with E-state index in [9.17, 15) is 9.18 Å². The van der Waals surface area contributed by atoms with Crippen molar-refractivity contribution in [3.05, 3.63) is 29.0 Å². The van der Waals surface area contributed by atoms with Crippen LogP contribution in [0.1, 0.15) is 64.7 Å². The molecule has 1 aromatic rings. The van der Waals surface area contributed by atoms with Crippen molar-refractivity contribution in [1.29, 1.82) is 0 Å². The summed E-state index contributed by atoms with van der Waals surface area (Å²) in [5, 5.41) is 4.28. The van der Waals surface area contributed by atoms with Gasteiger partial charge in [0.2, 0.25) is 5.91 Å². The minimum atomic E-state index is -0.463. The number of thioether (sulfide) groups is 1. The molecule has 0 spiro atoms. The first kappa shape index (κ1) is 22.5. The van der Waals surface area contributed by atoms with E-state index in [1.54, 1.807) is 0 Å². The molecule has 4 aliphatic carbocycles. The fourth-order valence-corrected chi connectivity index (χ4v) is 8.26. The lowest BCUT2D eigenvalue weighted by Crippen LogP contribution is -2.50. The van der Waals surface area contributed by atoms with Crippen molar-refractivity contribution in [3.63, 3.8) is 0 Å². The number of benzene rings is 1. The zero-order valence-corrected chi connectivity index (χ0v) is 20.4. The van der Waals surface area contributed by atoms with Gasteiger partial charge in [0, 0.05) is 29.8 Å². The highest BCUT2D eigenvalue weighted by molar-refractivity contribution is 8.14. The monoisotopic (exact) mass is 477 g/mol. The van der Waals surface area contributed by atoms with E-state index >= 15 is 0 Å². The highest BCUT2D eigenvalue weighted by Gasteiger charge is 2.51. The Morgan fingerprint density at radius 1 is 1.25 bits per heavy atom. The van der Waals surface area contributed by atoms with Gasteiger partial charge in [-0.1, -0.05) is 36.7 Å². The summed E-state index contributed by atoms with van der Waals surface area (Å²) in [6.07, 6.45) is 10.5.